The van der Waals surface area contributed by atoms with E-state index in [1.807, 2.05) is 0 Å². The van der Waals surface area contributed by atoms with Gasteiger partial charge < -0.3 is 4.57 Å². The highest BCUT2D eigenvalue weighted by Gasteiger charge is 2.21. The van der Waals surface area contributed by atoms with Gasteiger partial charge in [0.05, 0.1) is 0 Å². The fourth-order valence-electron chi connectivity index (χ4n) is 2.14. The van der Waals surface area contributed by atoms with Crippen molar-refractivity contribution in [2.24, 2.45) is 0 Å². The van der Waals surface area contributed by atoms with Crippen molar-refractivity contribution < 1.29 is 0 Å². The molecule has 0 N–H and O–H groups in total. The van der Waals surface area contributed by atoms with E-state index in [0.717, 1.165) is 13.1 Å². The van der Waals surface area contributed by atoms with Crippen LogP contribution in [0.2, 0.25) is 0 Å². The first-order valence-electron chi connectivity index (χ1n) is 6.62. The Labute approximate surface area is 112 Å². The summed E-state index contributed by atoms with van der Waals surface area (Å²) < 4.78 is 2.42. The molecule has 0 saturated heterocycles. The van der Waals surface area contributed by atoms with Crippen LogP contribution in [-0.2, 0) is 0 Å². The van der Waals surface area contributed by atoms with Gasteiger partial charge >= 0.3 is 0 Å². The third-order valence-electron chi connectivity index (χ3n) is 3.53. The van der Waals surface area contributed by atoms with Crippen LogP contribution in [0.1, 0.15) is 45.6 Å². The number of hydrogen-bond acceptors (Lipinski definition) is 1. The summed E-state index contributed by atoms with van der Waals surface area (Å²) in [6.07, 6.45) is 1.17. The quantitative estimate of drug-likeness (QED) is 0.566. The van der Waals surface area contributed by atoms with E-state index in [0.29, 0.717) is 5.92 Å². The summed E-state index contributed by atoms with van der Waals surface area (Å²) in [5.41, 5.74) is 1.45. The molecule has 0 heterocycles. The molecule has 0 spiro atoms. The second kappa shape index (κ2) is 7.19. The topological polar surface area (TPSA) is 3.24 Å². The van der Waals surface area contributed by atoms with Gasteiger partial charge in [0.15, 0.2) is 0 Å². The molecule has 17 heavy (non-hydrogen) atoms. The van der Waals surface area contributed by atoms with Crippen LogP contribution in [0.3, 0.4) is 0 Å². The highest BCUT2D eigenvalue weighted by atomic mass is 35.6. The maximum absolute atomic E-state index is 6.74. The van der Waals surface area contributed by atoms with Crippen molar-refractivity contribution in [3.05, 3.63) is 29.8 Å². The van der Waals surface area contributed by atoms with Crippen LogP contribution in [0.25, 0.3) is 0 Å². The van der Waals surface area contributed by atoms with Crippen molar-refractivity contribution in [3.63, 3.8) is 0 Å². The third-order valence-corrected chi connectivity index (χ3v) is 7.47. The van der Waals surface area contributed by atoms with Gasteiger partial charge in [0, 0.05) is 0 Å². The van der Waals surface area contributed by atoms with Crippen molar-refractivity contribution >= 4 is 24.5 Å². The molecule has 0 aliphatic carbocycles. The Morgan fingerprint density at radius 2 is 1.76 bits per heavy atom. The predicted octanol–water partition coefficient (Wildman–Crippen LogP) is 3.21. The van der Waals surface area contributed by atoms with Gasteiger partial charge in [-0.1, -0.05) is 52.0 Å². The highest BCUT2D eigenvalue weighted by molar-refractivity contribution is 7.12. The number of halogens is 1. The van der Waals surface area contributed by atoms with Crippen molar-refractivity contribution in [1.29, 1.82) is 0 Å². The van der Waals surface area contributed by atoms with Crippen LogP contribution in [0.15, 0.2) is 24.3 Å². The molecule has 0 radical (unpaired) electrons. The minimum absolute atomic E-state index is 0.607. The van der Waals surface area contributed by atoms with Gasteiger partial charge in [-0.15, -0.1) is 11.1 Å². The molecule has 0 fully saturated rings. The summed E-state index contributed by atoms with van der Waals surface area (Å²) in [5, 5.41) is 1.41. The summed E-state index contributed by atoms with van der Waals surface area (Å²) in [5.74, 6) is 0.607. The van der Waals surface area contributed by atoms with E-state index in [1.54, 1.807) is 0 Å². The van der Waals surface area contributed by atoms with Crippen LogP contribution in [0, 0.1) is 0 Å². The van der Waals surface area contributed by atoms with Gasteiger partial charge in [-0.2, -0.15) is 0 Å². The van der Waals surface area contributed by atoms with E-state index in [4.69, 9.17) is 11.1 Å². The highest BCUT2D eigenvalue weighted by Crippen LogP contribution is 2.18. The van der Waals surface area contributed by atoms with Crippen molar-refractivity contribution in [2.75, 3.05) is 13.1 Å². The molecule has 1 rings (SSSR count). The molecule has 2 unspecified atom stereocenters. The monoisotopic (exact) mass is 269 g/mol. The Kier molecular flexibility index (Phi) is 6.24. The average Bonchev–Trinajstić information content (AvgIpc) is 2.39. The van der Waals surface area contributed by atoms with E-state index in [-0.39, 0.29) is 0 Å². The van der Waals surface area contributed by atoms with Crippen LogP contribution >= 0.6 is 11.1 Å². The lowest BCUT2D eigenvalue weighted by atomic mass is 9.99. The Balaban J connectivity index is 3.03. The van der Waals surface area contributed by atoms with E-state index >= 15 is 0 Å². The lowest BCUT2D eigenvalue weighted by molar-refractivity contribution is 0.494. The molecule has 3 heteroatoms. The van der Waals surface area contributed by atoms with E-state index in [1.165, 1.54) is 17.2 Å². The number of benzene rings is 1. The van der Waals surface area contributed by atoms with Crippen LogP contribution in [-0.4, -0.2) is 25.9 Å². The van der Waals surface area contributed by atoms with Crippen LogP contribution in [0.5, 0.6) is 0 Å². The molecule has 1 aromatic rings. The standard InChI is InChI=1S/C14H24ClNSi/c1-5-12(4)13-10-8-9-11-14(13)17(15)16(6-2)7-3/h8-12,17H,5-7H2,1-4H3. The minimum atomic E-state index is -1.48. The maximum atomic E-state index is 6.74. The normalized spacial score (nSPS) is 14.9. The summed E-state index contributed by atoms with van der Waals surface area (Å²) in [7, 11) is -1.48. The van der Waals surface area contributed by atoms with Crippen LogP contribution < -0.4 is 5.19 Å². The second-order valence-corrected chi connectivity index (χ2v) is 7.76. The summed E-state index contributed by atoms with van der Waals surface area (Å²) in [4.78, 5) is 0. The van der Waals surface area contributed by atoms with E-state index in [9.17, 15) is 0 Å². The molecule has 1 nitrogen and oxygen atoms in total. The number of hydrogen-bond donors (Lipinski definition) is 0. The Bertz CT molecular complexity index is 339. The predicted molar refractivity (Wildman–Crippen MR) is 80.7 cm³/mol. The molecule has 0 aliphatic rings. The molecule has 0 aliphatic heterocycles. The van der Waals surface area contributed by atoms with E-state index in [2.05, 4.69) is 56.5 Å². The lowest BCUT2D eigenvalue weighted by Gasteiger charge is -2.26. The Morgan fingerprint density at radius 1 is 1.18 bits per heavy atom. The molecule has 0 saturated carbocycles. The summed E-state index contributed by atoms with van der Waals surface area (Å²) >= 11 is 6.74. The van der Waals surface area contributed by atoms with Gasteiger partial charge in [0.25, 0.3) is 0 Å². The van der Waals surface area contributed by atoms with Crippen molar-refractivity contribution in [1.82, 2.24) is 4.57 Å². The zero-order valence-electron chi connectivity index (χ0n) is 11.4. The van der Waals surface area contributed by atoms with Gasteiger partial charge in [-0.3, -0.25) is 0 Å². The largest absolute Gasteiger partial charge is 0.311 e. The van der Waals surface area contributed by atoms with Crippen molar-refractivity contribution in [2.45, 2.75) is 40.0 Å². The zero-order valence-corrected chi connectivity index (χ0v) is 13.3. The zero-order chi connectivity index (χ0) is 12.8. The SMILES string of the molecule is CCC(C)c1ccccc1[SiH](Cl)N(CC)CC. The van der Waals surface area contributed by atoms with Crippen LogP contribution in [0.4, 0.5) is 0 Å². The second-order valence-electron chi connectivity index (χ2n) is 4.50. The minimum Gasteiger partial charge on any atom is -0.311 e. The Morgan fingerprint density at radius 3 is 2.29 bits per heavy atom. The first-order chi connectivity index (χ1) is 8.15. The first-order valence-corrected chi connectivity index (χ1v) is 9.46. The van der Waals surface area contributed by atoms with Gasteiger partial charge in [-0.25, -0.2) is 0 Å². The molecule has 0 aromatic heterocycles. The molecule has 2 atom stereocenters. The molecule has 0 amide bonds. The van der Waals surface area contributed by atoms with E-state index < -0.39 is 8.27 Å². The molecular formula is C14H24ClNSi. The van der Waals surface area contributed by atoms with Crippen molar-refractivity contribution in [3.8, 4) is 0 Å². The number of nitrogens with zero attached hydrogens (tertiary/aromatic N) is 1. The fraction of sp³-hybridized carbons (Fsp3) is 0.571. The first kappa shape index (κ1) is 14.7. The lowest BCUT2D eigenvalue weighted by Crippen LogP contribution is -2.45. The van der Waals surface area contributed by atoms with Gasteiger partial charge in [-0.05, 0) is 36.2 Å². The maximum Gasteiger partial charge on any atom is 0.245 e. The molecular weight excluding hydrogens is 246 g/mol. The summed E-state index contributed by atoms with van der Waals surface area (Å²) in [6, 6.07) is 8.72. The average molecular weight is 270 g/mol. The Hall–Kier alpha value is -0.313. The molecule has 96 valence electrons. The fourth-order valence-corrected chi connectivity index (χ4v) is 5.52. The molecule has 1 aromatic carbocycles. The smallest absolute Gasteiger partial charge is 0.245 e. The van der Waals surface area contributed by atoms with Gasteiger partial charge in [0.1, 0.15) is 0 Å². The molecule has 0 bridgehead atoms. The third kappa shape index (κ3) is 3.57. The van der Waals surface area contributed by atoms with Gasteiger partial charge in [0.2, 0.25) is 8.27 Å². The number of rotatable bonds is 6. The summed E-state index contributed by atoms with van der Waals surface area (Å²) in [6.45, 7) is 11.0.